The molecule has 5 heteroatoms. The topological polar surface area (TPSA) is 68.4 Å². The quantitative estimate of drug-likeness (QED) is 0.915. The van der Waals surface area contributed by atoms with E-state index < -0.39 is 6.10 Å². The molecular formula is C14H18N2O3. The molecule has 2 heterocycles. The molecule has 0 fully saturated rings. The van der Waals surface area contributed by atoms with Crippen LogP contribution in [0.3, 0.4) is 0 Å². The second kappa shape index (κ2) is 5.40. The van der Waals surface area contributed by atoms with E-state index in [9.17, 15) is 5.11 Å². The number of hydrogen-bond donors (Lipinski definition) is 1. The van der Waals surface area contributed by atoms with Crippen LogP contribution in [0.1, 0.15) is 34.4 Å². The standard InChI is InChI=1S/C14H18N2O3/c1-8-9(2)19-10(3)14(8)12(17)5-11-6-13(18-4)16-7-15-11/h6-7,12,17H,5H2,1-4H3. The Kier molecular flexibility index (Phi) is 3.85. The van der Waals surface area contributed by atoms with Gasteiger partial charge in [-0.05, 0) is 26.3 Å². The normalized spacial score (nSPS) is 12.5. The first-order chi connectivity index (χ1) is 9.02. The third-order valence-electron chi connectivity index (χ3n) is 3.26. The van der Waals surface area contributed by atoms with E-state index in [0.29, 0.717) is 12.3 Å². The summed E-state index contributed by atoms with van der Waals surface area (Å²) in [5.74, 6) is 2.09. The summed E-state index contributed by atoms with van der Waals surface area (Å²) in [4.78, 5) is 8.08. The summed E-state index contributed by atoms with van der Waals surface area (Å²) < 4.78 is 10.6. The third kappa shape index (κ3) is 2.76. The van der Waals surface area contributed by atoms with Gasteiger partial charge >= 0.3 is 0 Å². The molecule has 0 spiro atoms. The predicted molar refractivity (Wildman–Crippen MR) is 70.2 cm³/mol. The van der Waals surface area contributed by atoms with E-state index in [1.165, 1.54) is 6.33 Å². The first-order valence-electron chi connectivity index (χ1n) is 6.12. The van der Waals surface area contributed by atoms with Crippen molar-refractivity contribution in [1.82, 2.24) is 9.97 Å². The van der Waals surface area contributed by atoms with E-state index in [-0.39, 0.29) is 0 Å². The van der Waals surface area contributed by atoms with Crippen LogP contribution in [-0.4, -0.2) is 22.2 Å². The minimum absolute atomic E-state index is 0.402. The van der Waals surface area contributed by atoms with Crippen molar-refractivity contribution in [3.8, 4) is 5.88 Å². The molecule has 19 heavy (non-hydrogen) atoms. The van der Waals surface area contributed by atoms with E-state index in [1.807, 2.05) is 20.8 Å². The lowest BCUT2D eigenvalue weighted by molar-refractivity contribution is 0.174. The SMILES string of the molecule is COc1cc(CC(O)c2c(C)oc(C)c2C)ncn1. The van der Waals surface area contributed by atoms with Crippen LogP contribution >= 0.6 is 0 Å². The second-order valence-electron chi connectivity index (χ2n) is 4.52. The summed E-state index contributed by atoms with van der Waals surface area (Å²) in [7, 11) is 1.55. The number of rotatable bonds is 4. The van der Waals surface area contributed by atoms with E-state index in [2.05, 4.69) is 9.97 Å². The Bertz CT molecular complexity index is 578. The Balaban J connectivity index is 2.22. The average Bonchev–Trinajstić information content (AvgIpc) is 2.63. The maximum Gasteiger partial charge on any atom is 0.216 e. The Morgan fingerprint density at radius 1 is 1.26 bits per heavy atom. The number of methoxy groups -OCH3 is 1. The van der Waals surface area contributed by atoms with Crippen LogP contribution in [0.4, 0.5) is 0 Å². The van der Waals surface area contributed by atoms with Gasteiger partial charge in [0.2, 0.25) is 5.88 Å². The van der Waals surface area contributed by atoms with Gasteiger partial charge in [0.05, 0.1) is 18.9 Å². The van der Waals surface area contributed by atoms with Crippen molar-refractivity contribution in [2.45, 2.75) is 33.3 Å². The van der Waals surface area contributed by atoms with Gasteiger partial charge in [-0.2, -0.15) is 0 Å². The molecule has 0 aliphatic carbocycles. The van der Waals surface area contributed by atoms with Crippen LogP contribution in [-0.2, 0) is 6.42 Å². The van der Waals surface area contributed by atoms with E-state index in [0.717, 1.165) is 28.3 Å². The molecule has 102 valence electrons. The van der Waals surface area contributed by atoms with Crippen molar-refractivity contribution >= 4 is 0 Å². The van der Waals surface area contributed by atoms with Crippen LogP contribution < -0.4 is 4.74 Å². The zero-order valence-corrected chi connectivity index (χ0v) is 11.6. The number of nitrogens with zero attached hydrogens (tertiary/aromatic N) is 2. The van der Waals surface area contributed by atoms with Gasteiger partial charge < -0.3 is 14.3 Å². The van der Waals surface area contributed by atoms with Gasteiger partial charge in [0.25, 0.3) is 0 Å². The molecule has 1 unspecified atom stereocenters. The lowest BCUT2D eigenvalue weighted by Gasteiger charge is -2.11. The van der Waals surface area contributed by atoms with Gasteiger partial charge in [0.1, 0.15) is 17.8 Å². The van der Waals surface area contributed by atoms with Gasteiger partial charge in [0.15, 0.2) is 0 Å². The van der Waals surface area contributed by atoms with Crippen LogP contribution in [0.25, 0.3) is 0 Å². The summed E-state index contributed by atoms with van der Waals surface area (Å²) in [6.07, 6.45) is 1.19. The highest BCUT2D eigenvalue weighted by atomic mass is 16.5. The van der Waals surface area contributed by atoms with E-state index in [1.54, 1.807) is 13.2 Å². The van der Waals surface area contributed by atoms with Crippen LogP contribution in [0.5, 0.6) is 5.88 Å². The number of hydrogen-bond acceptors (Lipinski definition) is 5. The Hall–Kier alpha value is -1.88. The maximum atomic E-state index is 10.4. The molecule has 0 aromatic carbocycles. The summed E-state index contributed by atoms with van der Waals surface area (Å²) >= 11 is 0. The molecule has 0 radical (unpaired) electrons. The number of furan rings is 1. The van der Waals surface area contributed by atoms with Crippen LogP contribution in [0.2, 0.25) is 0 Å². The van der Waals surface area contributed by atoms with E-state index >= 15 is 0 Å². The highest BCUT2D eigenvalue weighted by Gasteiger charge is 2.20. The number of aromatic nitrogens is 2. The number of ether oxygens (including phenoxy) is 1. The molecule has 0 aliphatic rings. The first kappa shape index (κ1) is 13.5. The molecule has 0 amide bonds. The van der Waals surface area contributed by atoms with Gasteiger partial charge in [-0.15, -0.1) is 0 Å². The molecule has 0 bridgehead atoms. The molecule has 0 saturated heterocycles. The van der Waals surface area contributed by atoms with Gasteiger partial charge in [-0.25, -0.2) is 9.97 Å². The van der Waals surface area contributed by atoms with Crippen molar-refractivity contribution in [3.63, 3.8) is 0 Å². The highest BCUT2D eigenvalue weighted by molar-refractivity contribution is 5.34. The van der Waals surface area contributed by atoms with Crippen molar-refractivity contribution in [2.24, 2.45) is 0 Å². The van der Waals surface area contributed by atoms with Crippen molar-refractivity contribution in [3.05, 3.63) is 40.7 Å². The van der Waals surface area contributed by atoms with Crippen molar-refractivity contribution < 1.29 is 14.3 Å². The minimum atomic E-state index is -0.642. The smallest absolute Gasteiger partial charge is 0.216 e. The Morgan fingerprint density at radius 3 is 2.58 bits per heavy atom. The Morgan fingerprint density at radius 2 is 2.00 bits per heavy atom. The predicted octanol–water partition coefficient (Wildman–Crippen LogP) is 2.28. The third-order valence-corrected chi connectivity index (χ3v) is 3.26. The minimum Gasteiger partial charge on any atom is -0.481 e. The molecule has 1 atom stereocenters. The fraction of sp³-hybridized carbons (Fsp3) is 0.429. The fourth-order valence-electron chi connectivity index (χ4n) is 2.20. The lowest BCUT2D eigenvalue weighted by Crippen LogP contribution is -2.06. The van der Waals surface area contributed by atoms with E-state index in [4.69, 9.17) is 9.15 Å². The Labute approximate surface area is 112 Å². The van der Waals surface area contributed by atoms with Crippen LogP contribution in [0, 0.1) is 20.8 Å². The monoisotopic (exact) mass is 262 g/mol. The summed E-state index contributed by atoms with van der Waals surface area (Å²) in [6.45, 7) is 5.70. The highest BCUT2D eigenvalue weighted by Crippen LogP contribution is 2.29. The molecule has 0 saturated carbocycles. The lowest BCUT2D eigenvalue weighted by atomic mass is 10.0. The van der Waals surface area contributed by atoms with Crippen molar-refractivity contribution in [2.75, 3.05) is 7.11 Å². The number of aryl methyl sites for hydroxylation is 2. The maximum absolute atomic E-state index is 10.4. The molecule has 5 nitrogen and oxygen atoms in total. The zero-order valence-electron chi connectivity index (χ0n) is 11.6. The van der Waals surface area contributed by atoms with Gasteiger partial charge in [0, 0.05) is 18.1 Å². The molecule has 1 N–H and O–H groups in total. The average molecular weight is 262 g/mol. The zero-order chi connectivity index (χ0) is 14.0. The molecule has 2 aromatic rings. The van der Waals surface area contributed by atoms with Crippen LogP contribution in [0.15, 0.2) is 16.8 Å². The molecule has 0 aliphatic heterocycles. The molecular weight excluding hydrogens is 244 g/mol. The number of aliphatic hydroxyl groups excluding tert-OH is 1. The van der Waals surface area contributed by atoms with Gasteiger partial charge in [-0.3, -0.25) is 0 Å². The largest absolute Gasteiger partial charge is 0.481 e. The fourth-order valence-corrected chi connectivity index (χ4v) is 2.20. The summed E-state index contributed by atoms with van der Waals surface area (Å²) in [5, 5.41) is 10.4. The van der Waals surface area contributed by atoms with Gasteiger partial charge in [-0.1, -0.05) is 0 Å². The first-order valence-corrected chi connectivity index (χ1v) is 6.12. The molecule has 2 aromatic heterocycles. The molecule has 2 rings (SSSR count). The number of aliphatic hydroxyl groups is 1. The van der Waals surface area contributed by atoms with Crippen molar-refractivity contribution in [1.29, 1.82) is 0 Å². The summed E-state index contributed by atoms with van der Waals surface area (Å²) in [6, 6.07) is 1.72. The second-order valence-corrected chi connectivity index (χ2v) is 4.52. The summed E-state index contributed by atoms with van der Waals surface area (Å²) in [5.41, 5.74) is 2.57.